The number of carbonyl (C=O) groups excluding carboxylic acids is 1. The van der Waals surface area contributed by atoms with Crippen molar-refractivity contribution in [1.29, 1.82) is 0 Å². The minimum absolute atomic E-state index is 0.0663. The van der Waals surface area contributed by atoms with Gasteiger partial charge in [0.1, 0.15) is 11.6 Å². The zero-order chi connectivity index (χ0) is 14.5. The van der Waals surface area contributed by atoms with Crippen LogP contribution in [0.25, 0.3) is 0 Å². The van der Waals surface area contributed by atoms with Crippen molar-refractivity contribution in [2.45, 2.75) is 19.4 Å². The maximum atomic E-state index is 12.9. The lowest BCUT2D eigenvalue weighted by molar-refractivity contribution is -0.132. The third kappa shape index (κ3) is 4.08. The number of piperazine rings is 1. The van der Waals surface area contributed by atoms with E-state index in [1.165, 1.54) is 18.2 Å². The van der Waals surface area contributed by atoms with Gasteiger partial charge in [0.05, 0.1) is 18.1 Å². The SMILES string of the molecule is C[C@H]1CN(C(=O)CCOc2ccc(F)cc2Cl)CCN1. The Hall–Kier alpha value is -1.33. The summed E-state index contributed by atoms with van der Waals surface area (Å²) in [6, 6.07) is 4.26. The van der Waals surface area contributed by atoms with Gasteiger partial charge < -0.3 is 15.0 Å². The highest BCUT2D eigenvalue weighted by molar-refractivity contribution is 6.32. The highest BCUT2D eigenvalue weighted by atomic mass is 35.5. The lowest BCUT2D eigenvalue weighted by Gasteiger charge is -2.31. The van der Waals surface area contributed by atoms with Crippen LogP contribution in [0.4, 0.5) is 4.39 Å². The first-order valence-corrected chi connectivity index (χ1v) is 7.03. The molecule has 1 atom stereocenters. The van der Waals surface area contributed by atoms with Gasteiger partial charge in [-0.3, -0.25) is 4.79 Å². The Labute approximate surface area is 122 Å². The molecule has 1 N–H and O–H groups in total. The Bertz CT molecular complexity index is 484. The second-order valence-corrected chi connectivity index (χ2v) is 5.28. The maximum Gasteiger partial charge on any atom is 0.226 e. The van der Waals surface area contributed by atoms with E-state index in [-0.39, 0.29) is 17.5 Å². The van der Waals surface area contributed by atoms with E-state index in [0.29, 0.717) is 18.2 Å². The molecule has 1 heterocycles. The smallest absolute Gasteiger partial charge is 0.226 e. The van der Waals surface area contributed by atoms with E-state index in [9.17, 15) is 9.18 Å². The number of benzene rings is 1. The number of hydrogen-bond donors (Lipinski definition) is 1. The maximum absolute atomic E-state index is 12.9. The van der Waals surface area contributed by atoms with Crippen LogP contribution in [0.2, 0.25) is 5.02 Å². The summed E-state index contributed by atoms with van der Waals surface area (Å²) in [5.41, 5.74) is 0. The van der Waals surface area contributed by atoms with Crippen LogP contribution >= 0.6 is 11.6 Å². The number of ether oxygens (including phenoxy) is 1. The normalized spacial score (nSPS) is 18.9. The first kappa shape index (κ1) is 15.1. The minimum Gasteiger partial charge on any atom is -0.491 e. The van der Waals surface area contributed by atoms with Gasteiger partial charge in [-0.15, -0.1) is 0 Å². The average molecular weight is 301 g/mol. The van der Waals surface area contributed by atoms with E-state index in [1.807, 2.05) is 11.8 Å². The molecule has 0 aromatic heterocycles. The van der Waals surface area contributed by atoms with Crippen molar-refractivity contribution in [3.8, 4) is 5.75 Å². The van der Waals surface area contributed by atoms with Crippen LogP contribution in [0.15, 0.2) is 18.2 Å². The van der Waals surface area contributed by atoms with Crippen molar-refractivity contribution in [3.63, 3.8) is 0 Å². The third-order valence-corrected chi connectivity index (χ3v) is 3.48. The van der Waals surface area contributed by atoms with Crippen LogP contribution in [-0.4, -0.2) is 43.1 Å². The highest BCUT2D eigenvalue weighted by Gasteiger charge is 2.20. The van der Waals surface area contributed by atoms with Crippen LogP contribution in [0, 0.1) is 5.82 Å². The molecule has 0 unspecified atom stereocenters. The first-order valence-electron chi connectivity index (χ1n) is 6.65. The number of hydrogen-bond acceptors (Lipinski definition) is 3. The van der Waals surface area contributed by atoms with Crippen LogP contribution in [0.5, 0.6) is 5.75 Å². The van der Waals surface area contributed by atoms with Crippen molar-refractivity contribution in [2.75, 3.05) is 26.2 Å². The molecule has 1 fully saturated rings. The second kappa shape index (κ2) is 6.90. The fourth-order valence-corrected chi connectivity index (χ4v) is 2.38. The third-order valence-electron chi connectivity index (χ3n) is 3.19. The molecule has 2 rings (SSSR count). The molecule has 1 aliphatic rings. The van der Waals surface area contributed by atoms with E-state index in [1.54, 1.807) is 0 Å². The molecule has 0 bridgehead atoms. The summed E-state index contributed by atoms with van der Waals surface area (Å²) in [6.07, 6.45) is 0.292. The molecular weight excluding hydrogens is 283 g/mol. The molecular formula is C14H18ClFN2O2. The van der Waals surface area contributed by atoms with E-state index in [2.05, 4.69) is 5.32 Å². The first-order chi connectivity index (χ1) is 9.56. The van der Waals surface area contributed by atoms with Crippen molar-refractivity contribution < 1.29 is 13.9 Å². The number of amides is 1. The summed E-state index contributed by atoms with van der Waals surface area (Å²) in [7, 11) is 0. The average Bonchev–Trinajstić information content (AvgIpc) is 2.41. The summed E-state index contributed by atoms with van der Waals surface area (Å²) in [5.74, 6) is 0.0550. The molecule has 6 heteroatoms. The second-order valence-electron chi connectivity index (χ2n) is 4.87. The van der Waals surface area contributed by atoms with Gasteiger partial charge in [-0.05, 0) is 25.1 Å². The van der Waals surface area contributed by atoms with Crippen molar-refractivity contribution in [3.05, 3.63) is 29.0 Å². The molecule has 4 nitrogen and oxygen atoms in total. The topological polar surface area (TPSA) is 41.6 Å². The lowest BCUT2D eigenvalue weighted by Crippen LogP contribution is -2.51. The molecule has 1 saturated heterocycles. The van der Waals surface area contributed by atoms with Gasteiger partial charge in [0, 0.05) is 25.7 Å². The van der Waals surface area contributed by atoms with Crippen LogP contribution in [0.3, 0.4) is 0 Å². The Balaban J connectivity index is 1.79. The highest BCUT2D eigenvalue weighted by Crippen LogP contribution is 2.24. The Morgan fingerprint density at radius 2 is 2.40 bits per heavy atom. The minimum atomic E-state index is -0.409. The fraction of sp³-hybridized carbons (Fsp3) is 0.500. The van der Waals surface area contributed by atoms with Gasteiger partial charge in [-0.1, -0.05) is 11.6 Å². The molecule has 20 heavy (non-hydrogen) atoms. The summed E-state index contributed by atoms with van der Waals surface area (Å²) in [6.45, 7) is 4.55. The molecule has 1 aliphatic heterocycles. The van der Waals surface area contributed by atoms with Crippen molar-refractivity contribution in [1.82, 2.24) is 10.2 Å². The van der Waals surface area contributed by atoms with E-state index < -0.39 is 5.82 Å². The van der Waals surface area contributed by atoms with Crippen molar-refractivity contribution >= 4 is 17.5 Å². The summed E-state index contributed by atoms with van der Waals surface area (Å²) >= 11 is 5.84. The summed E-state index contributed by atoms with van der Waals surface area (Å²) < 4.78 is 18.3. The van der Waals surface area contributed by atoms with Gasteiger partial charge in [0.2, 0.25) is 5.91 Å². The Morgan fingerprint density at radius 1 is 1.60 bits per heavy atom. The predicted molar refractivity (Wildman–Crippen MR) is 75.6 cm³/mol. The standard InChI is InChI=1S/C14H18ClFN2O2/c1-10-9-18(6-5-17-10)14(19)4-7-20-13-3-2-11(16)8-12(13)15/h2-3,8,10,17H,4-7,9H2,1H3/t10-/m0/s1. The zero-order valence-electron chi connectivity index (χ0n) is 11.4. The largest absolute Gasteiger partial charge is 0.491 e. The van der Waals surface area contributed by atoms with Gasteiger partial charge in [0.15, 0.2) is 0 Å². The van der Waals surface area contributed by atoms with Crippen LogP contribution in [-0.2, 0) is 4.79 Å². The Morgan fingerprint density at radius 3 is 3.10 bits per heavy atom. The molecule has 1 aromatic rings. The van der Waals surface area contributed by atoms with Gasteiger partial charge in [-0.2, -0.15) is 0 Å². The summed E-state index contributed by atoms with van der Waals surface area (Å²) in [4.78, 5) is 13.8. The van der Waals surface area contributed by atoms with E-state index in [4.69, 9.17) is 16.3 Å². The monoisotopic (exact) mass is 300 g/mol. The van der Waals surface area contributed by atoms with Crippen LogP contribution in [0.1, 0.15) is 13.3 Å². The number of carbonyl (C=O) groups is 1. The number of nitrogens with one attached hydrogen (secondary N) is 1. The molecule has 0 radical (unpaired) electrons. The predicted octanol–water partition coefficient (Wildman–Crippen LogP) is 2.07. The number of halogens is 2. The molecule has 0 spiro atoms. The quantitative estimate of drug-likeness (QED) is 0.925. The zero-order valence-corrected chi connectivity index (χ0v) is 12.1. The van der Waals surface area contributed by atoms with Gasteiger partial charge in [0.25, 0.3) is 0 Å². The van der Waals surface area contributed by atoms with E-state index >= 15 is 0 Å². The van der Waals surface area contributed by atoms with Crippen LogP contribution < -0.4 is 10.1 Å². The van der Waals surface area contributed by atoms with Gasteiger partial charge in [-0.25, -0.2) is 4.39 Å². The molecule has 0 aliphatic carbocycles. The lowest BCUT2D eigenvalue weighted by atomic mass is 10.2. The molecule has 1 aromatic carbocycles. The summed E-state index contributed by atoms with van der Waals surface area (Å²) in [5, 5.41) is 3.50. The fourth-order valence-electron chi connectivity index (χ4n) is 2.16. The van der Waals surface area contributed by atoms with Crippen molar-refractivity contribution in [2.24, 2.45) is 0 Å². The Kier molecular flexibility index (Phi) is 5.20. The molecule has 0 saturated carbocycles. The molecule has 1 amide bonds. The van der Waals surface area contributed by atoms with Gasteiger partial charge >= 0.3 is 0 Å². The molecule has 110 valence electrons. The number of nitrogens with zero attached hydrogens (tertiary/aromatic N) is 1. The van der Waals surface area contributed by atoms with E-state index in [0.717, 1.165) is 19.6 Å². The number of rotatable bonds is 4.